The monoisotopic (exact) mass is 353 g/mol. The zero-order chi connectivity index (χ0) is 17.6. The summed E-state index contributed by atoms with van der Waals surface area (Å²) >= 11 is 1.53. The first-order valence-electron chi connectivity index (χ1n) is 7.62. The number of rotatable bonds is 6. The summed E-state index contributed by atoms with van der Waals surface area (Å²) in [7, 11) is 0. The topological polar surface area (TPSA) is 85.1 Å². The molecule has 1 amide bonds. The number of benzene rings is 2. The molecule has 7 heteroatoms. The number of nitro groups is 1. The average Bonchev–Trinajstić information content (AvgIpc) is 3.08. The molecule has 0 bridgehead atoms. The number of aromatic nitrogens is 1. The summed E-state index contributed by atoms with van der Waals surface area (Å²) in [6, 6.07) is 15.9. The van der Waals surface area contributed by atoms with Crippen LogP contribution < -0.4 is 5.32 Å². The van der Waals surface area contributed by atoms with Crippen LogP contribution >= 0.6 is 11.3 Å². The molecule has 1 heterocycles. The van der Waals surface area contributed by atoms with Crippen LogP contribution in [0.15, 0.2) is 60.0 Å². The molecule has 6 nitrogen and oxygen atoms in total. The lowest BCUT2D eigenvalue weighted by atomic mass is 10.1. The van der Waals surface area contributed by atoms with Gasteiger partial charge < -0.3 is 5.32 Å². The van der Waals surface area contributed by atoms with Crippen LogP contribution in [0.2, 0.25) is 0 Å². The fraction of sp³-hybridized carbons (Fsp3) is 0.111. The van der Waals surface area contributed by atoms with Crippen molar-refractivity contribution in [2.24, 2.45) is 0 Å². The van der Waals surface area contributed by atoms with Crippen molar-refractivity contribution in [3.05, 3.63) is 91.9 Å². The van der Waals surface area contributed by atoms with Crippen LogP contribution in [0.3, 0.4) is 0 Å². The van der Waals surface area contributed by atoms with E-state index in [4.69, 9.17) is 0 Å². The molecule has 0 aliphatic heterocycles. The van der Waals surface area contributed by atoms with Crippen molar-refractivity contribution in [2.75, 3.05) is 0 Å². The largest absolute Gasteiger partial charge is 0.346 e. The third kappa shape index (κ3) is 4.27. The minimum absolute atomic E-state index is 0.0484. The highest BCUT2D eigenvalue weighted by molar-refractivity contribution is 7.09. The maximum Gasteiger partial charge on any atom is 0.282 e. The number of thiazole rings is 1. The Balaban J connectivity index is 1.63. The van der Waals surface area contributed by atoms with Crippen LogP contribution in [0.1, 0.15) is 26.6 Å². The van der Waals surface area contributed by atoms with Gasteiger partial charge in [0.15, 0.2) is 0 Å². The van der Waals surface area contributed by atoms with Crippen molar-refractivity contribution >= 4 is 22.9 Å². The summed E-state index contributed by atoms with van der Waals surface area (Å²) in [6.07, 6.45) is 0.740. The number of carbonyl (C=O) groups is 1. The molecule has 3 rings (SSSR count). The Morgan fingerprint density at radius 1 is 1.12 bits per heavy atom. The zero-order valence-electron chi connectivity index (χ0n) is 13.2. The van der Waals surface area contributed by atoms with E-state index in [1.54, 1.807) is 6.07 Å². The van der Waals surface area contributed by atoms with E-state index in [-0.39, 0.29) is 17.8 Å². The van der Waals surface area contributed by atoms with Crippen LogP contribution in [0.4, 0.5) is 5.69 Å². The number of para-hydroxylation sites is 1. The molecule has 25 heavy (non-hydrogen) atoms. The number of nitrogens with one attached hydrogen (secondary N) is 1. The van der Waals surface area contributed by atoms with Crippen LogP contribution in [0.5, 0.6) is 0 Å². The molecule has 126 valence electrons. The predicted molar refractivity (Wildman–Crippen MR) is 95.6 cm³/mol. The van der Waals surface area contributed by atoms with Crippen LogP contribution in [-0.4, -0.2) is 15.8 Å². The fourth-order valence-electron chi connectivity index (χ4n) is 2.37. The molecule has 0 saturated heterocycles. The Labute approximate surface area is 148 Å². The zero-order valence-corrected chi connectivity index (χ0v) is 14.0. The summed E-state index contributed by atoms with van der Waals surface area (Å²) in [5.74, 6) is -0.482. The number of hydrogen-bond donors (Lipinski definition) is 1. The molecule has 1 N–H and O–H groups in total. The van der Waals surface area contributed by atoms with Gasteiger partial charge in [0.25, 0.3) is 11.6 Å². The smallest absolute Gasteiger partial charge is 0.282 e. The molecule has 0 radical (unpaired) electrons. The van der Waals surface area contributed by atoms with Crippen molar-refractivity contribution in [1.82, 2.24) is 10.3 Å². The maximum absolute atomic E-state index is 12.2. The van der Waals surface area contributed by atoms with Gasteiger partial charge in [-0.15, -0.1) is 11.3 Å². The van der Waals surface area contributed by atoms with E-state index in [0.717, 1.165) is 17.1 Å². The summed E-state index contributed by atoms with van der Waals surface area (Å²) in [5, 5.41) is 16.5. The number of nitrogens with zero attached hydrogens (tertiary/aromatic N) is 2. The summed E-state index contributed by atoms with van der Waals surface area (Å²) in [4.78, 5) is 27.1. The van der Waals surface area contributed by atoms with Crippen molar-refractivity contribution in [3.8, 4) is 0 Å². The van der Waals surface area contributed by atoms with Gasteiger partial charge in [0.1, 0.15) is 5.56 Å². The molecule has 3 aromatic rings. The van der Waals surface area contributed by atoms with Gasteiger partial charge in [-0.25, -0.2) is 4.98 Å². The Hall–Kier alpha value is -3.06. The highest BCUT2D eigenvalue weighted by Gasteiger charge is 2.19. The van der Waals surface area contributed by atoms with E-state index in [1.165, 1.54) is 35.1 Å². The summed E-state index contributed by atoms with van der Waals surface area (Å²) in [5.41, 5.74) is 1.76. The molecule has 0 unspecified atom stereocenters. The lowest BCUT2D eigenvalue weighted by molar-refractivity contribution is -0.385. The normalized spacial score (nSPS) is 10.4. The molecule has 0 aliphatic rings. The number of nitro benzene ring substituents is 1. The molecule has 2 aromatic carbocycles. The first-order chi connectivity index (χ1) is 12.1. The van der Waals surface area contributed by atoms with Gasteiger partial charge in [-0.3, -0.25) is 14.9 Å². The Morgan fingerprint density at radius 3 is 2.60 bits per heavy atom. The molecule has 0 atom stereocenters. The van der Waals surface area contributed by atoms with Gasteiger partial charge in [-0.2, -0.15) is 0 Å². The third-order valence-corrected chi connectivity index (χ3v) is 4.47. The third-order valence-electron chi connectivity index (χ3n) is 3.57. The minimum atomic E-state index is -0.560. The van der Waals surface area contributed by atoms with Crippen molar-refractivity contribution < 1.29 is 9.72 Å². The molecular formula is C18H15N3O3S. The van der Waals surface area contributed by atoms with Crippen LogP contribution in [0.25, 0.3) is 0 Å². The molecule has 0 fully saturated rings. The molecule has 0 saturated carbocycles. The second-order valence-electron chi connectivity index (χ2n) is 5.35. The van der Waals surface area contributed by atoms with E-state index in [9.17, 15) is 14.9 Å². The average molecular weight is 353 g/mol. The molecule has 0 aliphatic carbocycles. The van der Waals surface area contributed by atoms with Crippen molar-refractivity contribution in [3.63, 3.8) is 0 Å². The second kappa shape index (κ2) is 7.67. The lowest BCUT2D eigenvalue weighted by Crippen LogP contribution is -2.23. The van der Waals surface area contributed by atoms with Gasteiger partial charge in [-0.05, 0) is 11.6 Å². The quantitative estimate of drug-likeness (QED) is 0.542. The molecular weight excluding hydrogens is 338 g/mol. The lowest BCUT2D eigenvalue weighted by Gasteiger charge is -2.04. The highest BCUT2D eigenvalue weighted by atomic mass is 32.1. The van der Waals surface area contributed by atoms with Crippen molar-refractivity contribution in [1.29, 1.82) is 0 Å². The standard InChI is InChI=1S/C18H15N3O3S/c22-18(15-8-4-5-9-16(15)21(23)24)19-11-14-12-25-17(20-14)10-13-6-2-1-3-7-13/h1-9,12H,10-11H2,(H,19,22). The van der Waals surface area contributed by atoms with Gasteiger partial charge >= 0.3 is 0 Å². The first-order valence-corrected chi connectivity index (χ1v) is 8.50. The van der Waals surface area contributed by atoms with Crippen molar-refractivity contribution in [2.45, 2.75) is 13.0 Å². The Morgan fingerprint density at radius 2 is 1.84 bits per heavy atom. The number of carbonyl (C=O) groups excluding carboxylic acids is 1. The molecule has 1 aromatic heterocycles. The van der Waals surface area contributed by atoms with E-state index in [2.05, 4.69) is 10.3 Å². The van der Waals surface area contributed by atoms with Gasteiger partial charge in [0.2, 0.25) is 0 Å². The van der Waals surface area contributed by atoms with Crippen LogP contribution in [0, 0.1) is 10.1 Å². The number of hydrogen-bond acceptors (Lipinski definition) is 5. The molecule has 0 spiro atoms. The first kappa shape index (κ1) is 16.8. The van der Waals surface area contributed by atoms with Gasteiger partial charge in [0, 0.05) is 17.9 Å². The van der Waals surface area contributed by atoms with Gasteiger partial charge in [-0.1, -0.05) is 42.5 Å². The summed E-state index contributed by atoms with van der Waals surface area (Å²) < 4.78 is 0. The SMILES string of the molecule is O=C(NCc1csc(Cc2ccccc2)n1)c1ccccc1[N+](=O)[O-]. The summed E-state index contributed by atoms with van der Waals surface area (Å²) in [6.45, 7) is 0.232. The van der Waals surface area contributed by atoms with Crippen LogP contribution in [-0.2, 0) is 13.0 Å². The predicted octanol–water partition coefficient (Wildman–Crippen LogP) is 3.57. The van der Waals surface area contributed by atoms with Gasteiger partial charge in [0.05, 0.1) is 22.2 Å². The number of amides is 1. The van der Waals surface area contributed by atoms with E-state index < -0.39 is 10.8 Å². The van der Waals surface area contributed by atoms with E-state index in [1.807, 2.05) is 35.7 Å². The Kier molecular flexibility index (Phi) is 5.15. The highest BCUT2D eigenvalue weighted by Crippen LogP contribution is 2.18. The Bertz CT molecular complexity index is 893. The maximum atomic E-state index is 12.2. The second-order valence-corrected chi connectivity index (χ2v) is 6.29. The minimum Gasteiger partial charge on any atom is -0.346 e. The van der Waals surface area contributed by atoms with E-state index >= 15 is 0 Å². The fourth-order valence-corrected chi connectivity index (χ4v) is 3.20. The van der Waals surface area contributed by atoms with E-state index in [0.29, 0.717) is 0 Å².